The van der Waals surface area contributed by atoms with Gasteiger partial charge >= 0.3 is 0 Å². The molecule has 1 aromatic rings. The largest absolute Gasteiger partial charge is 0.352 e. The van der Waals surface area contributed by atoms with E-state index < -0.39 is 16.6 Å². The van der Waals surface area contributed by atoms with Crippen molar-refractivity contribution in [1.29, 1.82) is 0 Å². The Balaban J connectivity index is 2.55. The molecule has 0 aromatic heterocycles. The van der Waals surface area contributed by atoms with Crippen molar-refractivity contribution in [3.63, 3.8) is 0 Å². The van der Waals surface area contributed by atoms with Crippen LogP contribution in [0.3, 0.4) is 0 Å². The van der Waals surface area contributed by atoms with E-state index in [2.05, 4.69) is 19.2 Å². The number of nitro benzene ring substituents is 1. The number of carbonyl (C=O) groups is 1. The molecule has 0 spiro atoms. The van der Waals surface area contributed by atoms with Crippen molar-refractivity contribution in [2.75, 3.05) is 6.54 Å². The van der Waals surface area contributed by atoms with Gasteiger partial charge in [0.05, 0.1) is 10.5 Å². The molecule has 0 bridgehead atoms. The molecule has 0 unspecified atom stereocenters. The molecule has 20 heavy (non-hydrogen) atoms. The number of nitro groups is 1. The predicted octanol–water partition coefficient (Wildman–Crippen LogP) is 3.29. The van der Waals surface area contributed by atoms with Crippen molar-refractivity contribution in [3.05, 3.63) is 39.7 Å². The van der Waals surface area contributed by atoms with Gasteiger partial charge in [-0.25, -0.2) is 4.39 Å². The highest BCUT2D eigenvalue weighted by molar-refractivity contribution is 5.95. The first-order valence-corrected chi connectivity index (χ1v) is 6.64. The predicted molar refractivity (Wildman–Crippen MR) is 74.1 cm³/mol. The zero-order chi connectivity index (χ0) is 15.1. The Morgan fingerprint density at radius 1 is 1.40 bits per heavy atom. The Kier molecular flexibility index (Phi) is 6.09. The zero-order valence-corrected chi connectivity index (χ0v) is 11.7. The third kappa shape index (κ3) is 4.95. The Morgan fingerprint density at radius 2 is 2.10 bits per heavy atom. The number of rotatable bonds is 7. The number of nitrogens with one attached hydrogen (secondary N) is 1. The minimum absolute atomic E-state index is 0.289. The minimum Gasteiger partial charge on any atom is -0.352 e. The summed E-state index contributed by atoms with van der Waals surface area (Å²) < 4.78 is 13.5. The normalized spacial score (nSPS) is 10.6. The first-order chi connectivity index (χ1) is 9.41. The molecule has 1 N–H and O–H groups in total. The van der Waals surface area contributed by atoms with Gasteiger partial charge in [0.15, 0.2) is 0 Å². The molecular weight excluding hydrogens is 263 g/mol. The standard InChI is InChI=1S/C14H19FN2O3/c1-10(2)5-3-4-8-16-14(18)12-9-11(17(19)20)6-7-13(12)15/h6-7,9-10H,3-5,8H2,1-2H3,(H,16,18). The van der Waals surface area contributed by atoms with E-state index in [-0.39, 0.29) is 11.3 Å². The van der Waals surface area contributed by atoms with Crippen molar-refractivity contribution >= 4 is 11.6 Å². The van der Waals surface area contributed by atoms with E-state index in [4.69, 9.17) is 0 Å². The molecule has 0 aliphatic rings. The summed E-state index contributed by atoms with van der Waals surface area (Å²) in [5.41, 5.74) is -0.584. The van der Waals surface area contributed by atoms with Crippen molar-refractivity contribution in [3.8, 4) is 0 Å². The van der Waals surface area contributed by atoms with E-state index in [1.54, 1.807) is 0 Å². The van der Waals surface area contributed by atoms with Gasteiger partial charge in [0, 0.05) is 18.7 Å². The molecule has 110 valence electrons. The fourth-order valence-electron chi connectivity index (χ4n) is 1.78. The molecule has 0 aliphatic heterocycles. The van der Waals surface area contributed by atoms with Gasteiger partial charge in [0.25, 0.3) is 11.6 Å². The fraction of sp³-hybridized carbons (Fsp3) is 0.500. The maximum Gasteiger partial charge on any atom is 0.270 e. The van der Waals surface area contributed by atoms with Gasteiger partial charge in [0.1, 0.15) is 5.82 Å². The number of hydrogen-bond donors (Lipinski definition) is 1. The topological polar surface area (TPSA) is 72.2 Å². The number of amides is 1. The highest BCUT2D eigenvalue weighted by Gasteiger charge is 2.16. The van der Waals surface area contributed by atoms with Gasteiger partial charge in [-0.2, -0.15) is 0 Å². The molecule has 0 radical (unpaired) electrons. The molecule has 1 amide bonds. The summed E-state index contributed by atoms with van der Waals surface area (Å²) >= 11 is 0. The summed E-state index contributed by atoms with van der Waals surface area (Å²) in [4.78, 5) is 21.7. The van der Waals surface area contributed by atoms with Crippen molar-refractivity contribution in [2.24, 2.45) is 5.92 Å². The van der Waals surface area contributed by atoms with Crippen molar-refractivity contribution < 1.29 is 14.1 Å². The number of benzene rings is 1. The maximum atomic E-state index is 13.5. The average molecular weight is 282 g/mol. The number of non-ortho nitro benzene ring substituents is 1. The van der Waals surface area contributed by atoms with Gasteiger partial charge in [-0.3, -0.25) is 14.9 Å². The summed E-state index contributed by atoms with van der Waals surface area (Å²) in [6, 6.07) is 2.93. The smallest absolute Gasteiger partial charge is 0.270 e. The average Bonchev–Trinajstić information content (AvgIpc) is 2.37. The Labute approximate surface area is 117 Å². The lowest BCUT2D eigenvalue weighted by molar-refractivity contribution is -0.384. The van der Waals surface area contributed by atoms with E-state index in [1.165, 1.54) is 0 Å². The summed E-state index contributed by atoms with van der Waals surface area (Å²) in [5, 5.41) is 13.2. The number of nitrogens with zero attached hydrogens (tertiary/aromatic N) is 1. The molecular formula is C14H19FN2O3. The summed E-state index contributed by atoms with van der Waals surface area (Å²) in [6.07, 6.45) is 2.86. The van der Waals surface area contributed by atoms with E-state index in [0.29, 0.717) is 12.5 Å². The Morgan fingerprint density at radius 3 is 2.70 bits per heavy atom. The third-order valence-corrected chi connectivity index (χ3v) is 2.90. The van der Waals surface area contributed by atoms with Gasteiger partial charge in [-0.1, -0.05) is 26.7 Å². The summed E-state index contributed by atoms with van der Waals surface area (Å²) in [6.45, 7) is 4.68. The molecule has 0 saturated carbocycles. The lowest BCUT2D eigenvalue weighted by atomic mass is 10.1. The van der Waals surface area contributed by atoms with Gasteiger partial charge in [-0.15, -0.1) is 0 Å². The molecule has 0 fully saturated rings. The molecule has 0 saturated heterocycles. The zero-order valence-electron chi connectivity index (χ0n) is 11.7. The molecule has 5 nitrogen and oxygen atoms in total. The highest BCUT2D eigenvalue weighted by atomic mass is 19.1. The fourth-order valence-corrected chi connectivity index (χ4v) is 1.78. The lowest BCUT2D eigenvalue weighted by Gasteiger charge is -2.07. The van der Waals surface area contributed by atoms with Crippen molar-refractivity contribution in [1.82, 2.24) is 5.32 Å². The van der Waals surface area contributed by atoms with Crippen LogP contribution >= 0.6 is 0 Å². The molecule has 0 heterocycles. The number of carbonyl (C=O) groups excluding carboxylic acids is 1. The van der Waals surface area contributed by atoms with Crippen LogP contribution < -0.4 is 5.32 Å². The van der Waals surface area contributed by atoms with Gasteiger partial charge in [-0.05, 0) is 18.4 Å². The number of halogens is 1. The van der Waals surface area contributed by atoms with Crippen LogP contribution in [0.15, 0.2) is 18.2 Å². The van der Waals surface area contributed by atoms with Crippen LogP contribution in [-0.2, 0) is 0 Å². The Bertz CT molecular complexity index is 489. The van der Waals surface area contributed by atoms with Crippen LogP contribution in [0.5, 0.6) is 0 Å². The van der Waals surface area contributed by atoms with Crippen molar-refractivity contribution in [2.45, 2.75) is 33.1 Å². The van der Waals surface area contributed by atoms with E-state index in [1.807, 2.05) is 0 Å². The summed E-state index contributed by atoms with van der Waals surface area (Å²) in [5.74, 6) is -0.758. The maximum absolute atomic E-state index is 13.5. The highest BCUT2D eigenvalue weighted by Crippen LogP contribution is 2.16. The van der Waals surface area contributed by atoms with Crippen LogP contribution in [-0.4, -0.2) is 17.4 Å². The monoisotopic (exact) mass is 282 g/mol. The molecule has 1 aromatic carbocycles. The van der Waals surface area contributed by atoms with E-state index >= 15 is 0 Å². The van der Waals surface area contributed by atoms with Crippen LogP contribution in [0, 0.1) is 21.8 Å². The second-order valence-electron chi connectivity index (χ2n) is 5.07. The lowest BCUT2D eigenvalue weighted by Crippen LogP contribution is -2.25. The van der Waals surface area contributed by atoms with Gasteiger partial charge < -0.3 is 5.32 Å². The Hall–Kier alpha value is -1.98. The second-order valence-corrected chi connectivity index (χ2v) is 5.07. The van der Waals surface area contributed by atoms with Gasteiger partial charge in [0.2, 0.25) is 0 Å². The third-order valence-electron chi connectivity index (χ3n) is 2.90. The number of hydrogen-bond acceptors (Lipinski definition) is 3. The van der Waals surface area contributed by atoms with E-state index in [0.717, 1.165) is 37.5 Å². The van der Waals surface area contributed by atoms with Crippen LogP contribution in [0.4, 0.5) is 10.1 Å². The molecule has 6 heteroatoms. The molecule has 0 aliphatic carbocycles. The van der Waals surface area contributed by atoms with Crippen LogP contribution in [0.1, 0.15) is 43.5 Å². The van der Waals surface area contributed by atoms with E-state index in [9.17, 15) is 19.3 Å². The minimum atomic E-state index is -0.754. The first kappa shape index (κ1) is 16.1. The second kappa shape index (κ2) is 7.57. The SMILES string of the molecule is CC(C)CCCCNC(=O)c1cc([N+](=O)[O-])ccc1F. The van der Waals surface area contributed by atoms with Crippen LogP contribution in [0.2, 0.25) is 0 Å². The molecule has 1 rings (SSSR count). The quantitative estimate of drug-likeness (QED) is 0.474. The molecule has 0 atom stereocenters. The number of unbranched alkanes of at least 4 members (excludes halogenated alkanes) is 1. The van der Waals surface area contributed by atoms with Crippen LogP contribution in [0.25, 0.3) is 0 Å². The first-order valence-electron chi connectivity index (χ1n) is 6.64. The summed E-state index contributed by atoms with van der Waals surface area (Å²) in [7, 11) is 0.